The van der Waals surface area contributed by atoms with E-state index >= 15 is 0 Å². The van der Waals surface area contributed by atoms with E-state index in [1.807, 2.05) is 0 Å². The first-order valence-corrected chi connectivity index (χ1v) is 9.20. The summed E-state index contributed by atoms with van der Waals surface area (Å²) in [6.45, 7) is 9.59. The van der Waals surface area contributed by atoms with Gasteiger partial charge in [0.2, 0.25) is 0 Å². The summed E-state index contributed by atoms with van der Waals surface area (Å²) in [5.74, 6) is 0. The van der Waals surface area contributed by atoms with E-state index in [2.05, 4.69) is 27.9 Å². The Labute approximate surface area is 189 Å². The van der Waals surface area contributed by atoms with E-state index < -0.39 is 0 Å². The summed E-state index contributed by atoms with van der Waals surface area (Å²) in [7, 11) is 2.26. The maximum absolute atomic E-state index is 3.57. The first-order valence-electron chi connectivity index (χ1n) is 9.20. The van der Waals surface area contributed by atoms with Crippen molar-refractivity contribution in [3.05, 3.63) is 0 Å². The van der Waals surface area contributed by atoms with Crippen molar-refractivity contribution in [2.24, 2.45) is 0 Å². The molecule has 1 rings (SSSR count). The Morgan fingerprint density at radius 3 is 1.00 bits per heavy atom. The molecular weight excluding hydrogens is 414 g/mol. The molecule has 0 spiro atoms. The quantitative estimate of drug-likeness (QED) is 0.320. The first-order chi connectivity index (χ1) is 10.4. The van der Waals surface area contributed by atoms with E-state index in [4.69, 9.17) is 0 Å². The molecule has 1 fully saturated rings. The molecule has 25 heavy (non-hydrogen) atoms. The molecule has 0 saturated carbocycles. The van der Waals surface area contributed by atoms with E-state index in [-0.39, 0.29) is 58.9 Å². The van der Waals surface area contributed by atoms with Gasteiger partial charge in [-0.1, -0.05) is 0 Å². The van der Waals surface area contributed by atoms with Gasteiger partial charge < -0.3 is 58.1 Å². The van der Waals surface area contributed by atoms with Gasteiger partial charge in [0.15, 0.2) is 0 Å². The van der Waals surface area contributed by atoms with Crippen LogP contribution < -0.4 is 53.2 Å². The van der Waals surface area contributed by atoms with Crippen LogP contribution in [0.4, 0.5) is 0 Å². The first kappa shape index (κ1) is 34.0. The summed E-state index contributed by atoms with van der Waals surface area (Å²) in [5.41, 5.74) is 0. The second kappa shape index (κ2) is 27.6. The van der Waals surface area contributed by atoms with Crippen LogP contribution in [0.25, 0.3) is 0 Å². The van der Waals surface area contributed by atoms with Gasteiger partial charge >= 0.3 is 0 Å². The molecule has 0 aromatic rings. The maximum atomic E-state index is 3.57. The smallest absolute Gasteiger partial charge is 0 e. The largest absolute Gasteiger partial charge is 1.00 e. The third-order valence-corrected chi connectivity index (χ3v) is 4.20. The monoisotopic (exact) mass is 451 g/mol. The van der Waals surface area contributed by atoms with Gasteiger partial charge in [0.05, 0.1) is 0 Å². The van der Waals surface area contributed by atoms with Crippen LogP contribution in [0.15, 0.2) is 0 Å². The summed E-state index contributed by atoms with van der Waals surface area (Å²) in [4.78, 5) is 2.49. The van der Waals surface area contributed by atoms with Gasteiger partial charge in [-0.3, -0.25) is 0 Å². The molecule has 154 valence electrons. The molecular formula is C17H38Cl3N4Ti-3. The number of nitrogens with zero attached hydrogens (tertiary/aromatic N) is 1. The minimum Gasteiger partial charge on any atom is -1.00 e. The second-order valence-corrected chi connectivity index (χ2v) is 6.38. The fourth-order valence-corrected chi connectivity index (χ4v) is 2.75. The third kappa shape index (κ3) is 25.4. The van der Waals surface area contributed by atoms with Crippen LogP contribution in [0, 0.1) is 0 Å². The van der Waals surface area contributed by atoms with Gasteiger partial charge in [0, 0.05) is 21.7 Å². The van der Waals surface area contributed by atoms with Gasteiger partial charge in [-0.25, -0.2) is 0 Å². The molecule has 0 amide bonds. The predicted octanol–water partition coefficient (Wildman–Crippen LogP) is -7.17. The van der Waals surface area contributed by atoms with Gasteiger partial charge in [0.25, 0.3) is 0 Å². The van der Waals surface area contributed by atoms with Crippen molar-refractivity contribution in [3.63, 3.8) is 0 Å². The third-order valence-electron chi connectivity index (χ3n) is 4.20. The number of hydrogen-bond donors (Lipinski definition) is 3. The van der Waals surface area contributed by atoms with Crippen molar-refractivity contribution in [3.8, 4) is 0 Å². The summed E-state index contributed by atoms with van der Waals surface area (Å²) in [6.07, 6.45) is 10.5. The number of hydrogen-bond acceptors (Lipinski definition) is 4. The predicted molar refractivity (Wildman–Crippen MR) is 93.0 cm³/mol. The Hall–Kier alpha value is 1.42. The van der Waals surface area contributed by atoms with Gasteiger partial charge in [-0.15, -0.1) is 0 Å². The molecule has 0 bridgehead atoms. The van der Waals surface area contributed by atoms with E-state index in [0.29, 0.717) is 0 Å². The van der Waals surface area contributed by atoms with Gasteiger partial charge in [0.1, 0.15) is 0 Å². The average Bonchev–Trinajstić information content (AvgIpc) is 2.48. The number of nitrogens with one attached hydrogen (secondary N) is 3. The fraction of sp³-hybridized carbons (Fsp3) is 1.00. The minimum absolute atomic E-state index is 0. The van der Waals surface area contributed by atoms with Crippen molar-refractivity contribution in [2.75, 3.05) is 59.4 Å². The normalized spacial score (nSPS) is 20.5. The topological polar surface area (TPSA) is 39.3 Å². The minimum atomic E-state index is 0. The molecule has 0 atom stereocenters. The van der Waals surface area contributed by atoms with E-state index in [9.17, 15) is 0 Å². The van der Waals surface area contributed by atoms with Crippen LogP contribution >= 0.6 is 0 Å². The Balaban J connectivity index is -0.000000551. The number of halogens is 3. The summed E-state index contributed by atoms with van der Waals surface area (Å²) in [6, 6.07) is 0. The zero-order valence-electron chi connectivity index (χ0n) is 15.9. The molecule has 1 heterocycles. The summed E-state index contributed by atoms with van der Waals surface area (Å²) >= 11 is 0. The van der Waals surface area contributed by atoms with Crippen molar-refractivity contribution in [2.45, 2.75) is 51.4 Å². The zero-order valence-corrected chi connectivity index (χ0v) is 19.7. The molecule has 0 aromatic heterocycles. The Bertz CT molecular complexity index is 210. The van der Waals surface area contributed by atoms with Crippen molar-refractivity contribution in [1.29, 1.82) is 0 Å². The maximum Gasteiger partial charge on any atom is 0 e. The van der Waals surface area contributed by atoms with E-state index in [1.165, 1.54) is 104 Å². The standard InChI is InChI=1S/C17H38N4.3ClH.Ti/c1-21-16-8-6-14-19-12-4-2-10-18-11-3-5-13-20-15-7-9-17-21;;;;/h18-20H,2-17H2,1H3;3*1H;/p-3. The van der Waals surface area contributed by atoms with Gasteiger partial charge in [-0.2, -0.15) is 0 Å². The average molecular weight is 453 g/mol. The van der Waals surface area contributed by atoms with E-state index in [1.54, 1.807) is 0 Å². The number of rotatable bonds is 0. The van der Waals surface area contributed by atoms with Crippen LogP contribution in [0.1, 0.15) is 51.4 Å². The zero-order chi connectivity index (χ0) is 15.0. The van der Waals surface area contributed by atoms with Crippen molar-refractivity contribution < 1.29 is 58.9 Å². The molecule has 0 aliphatic carbocycles. The molecule has 0 unspecified atom stereocenters. The molecule has 8 heteroatoms. The second-order valence-electron chi connectivity index (χ2n) is 6.38. The molecule has 1 aliphatic rings. The molecule has 0 aromatic carbocycles. The molecule has 3 N–H and O–H groups in total. The molecule has 1 aliphatic heterocycles. The van der Waals surface area contributed by atoms with Crippen LogP contribution in [0.5, 0.6) is 0 Å². The van der Waals surface area contributed by atoms with Crippen LogP contribution in [-0.4, -0.2) is 64.3 Å². The Morgan fingerprint density at radius 2 is 0.720 bits per heavy atom. The molecule has 0 radical (unpaired) electrons. The van der Waals surface area contributed by atoms with Crippen LogP contribution in [0.3, 0.4) is 0 Å². The van der Waals surface area contributed by atoms with Crippen molar-refractivity contribution in [1.82, 2.24) is 20.9 Å². The Morgan fingerprint density at radius 1 is 0.480 bits per heavy atom. The fourth-order valence-electron chi connectivity index (χ4n) is 2.75. The van der Waals surface area contributed by atoms with Crippen LogP contribution in [-0.2, 0) is 21.7 Å². The summed E-state index contributed by atoms with van der Waals surface area (Å²) < 4.78 is 0. The summed E-state index contributed by atoms with van der Waals surface area (Å²) in [5, 5.41) is 10.7. The molecule has 4 nitrogen and oxygen atoms in total. The SMILES string of the molecule is CN1CCCCNCCCCNCCCCNCCCC1.[Cl-].[Cl-].[Cl-].[Ti]. The Kier molecular flexibility index (Phi) is 37.6. The van der Waals surface area contributed by atoms with Crippen LogP contribution in [0.2, 0.25) is 0 Å². The van der Waals surface area contributed by atoms with E-state index in [0.717, 1.165) is 0 Å². The van der Waals surface area contributed by atoms with Gasteiger partial charge in [-0.05, 0) is 111 Å². The van der Waals surface area contributed by atoms with Crippen molar-refractivity contribution >= 4 is 0 Å². The molecule has 1 saturated heterocycles.